The van der Waals surface area contributed by atoms with E-state index in [0.29, 0.717) is 0 Å². The monoisotopic (exact) mass is 326 g/mol. The third-order valence-corrected chi connectivity index (χ3v) is 2.87. The van der Waals surface area contributed by atoms with E-state index in [1.807, 2.05) is 6.07 Å². The van der Waals surface area contributed by atoms with Crippen LogP contribution in [0.3, 0.4) is 0 Å². The van der Waals surface area contributed by atoms with Crippen LogP contribution >= 0.6 is 0 Å². The highest BCUT2D eigenvalue weighted by molar-refractivity contribution is 5.97. The minimum Gasteiger partial charge on any atom is -0.418 e. The van der Waals surface area contributed by atoms with E-state index in [2.05, 4.69) is 10.1 Å². The number of rotatable bonds is 2. The van der Waals surface area contributed by atoms with Crippen LogP contribution in [0, 0.1) is 11.3 Å². The van der Waals surface area contributed by atoms with E-state index in [1.54, 1.807) is 0 Å². The standard InChI is InChI=1S/C14H6N4O6/c15-5-6-1-2-7(14-17-13(12(16)21)18-24-14)11-10(6)22-8(19)3-4-9(20)23-11/h1-4H,(H2,16,21)/b4-3+. The highest BCUT2D eigenvalue weighted by atomic mass is 16.6. The van der Waals surface area contributed by atoms with Crippen molar-refractivity contribution in [2.45, 2.75) is 0 Å². The van der Waals surface area contributed by atoms with Gasteiger partial charge in [-0.15, -0.1) is 0 Å². The Labute approximate surface area is 133 Å². The van der Waals surface area contributed by atoms with Gasteiger partial charge in [0.25, 0.3) is 17.6 Å². The topological polar surface area (TPSA) is 158 Å². The fraction of sp³-hybridized carbons (Fsp3) is 0. The highest BCUT2D eigenvalue weighted by Crippen LogP contribution is 2.41. The molecule has 0 bridgehead atoms. The number of nitriles is 1. The van der Waals surface area contributed by atoms with Crippen molar-refractivity contribution in [3.05, 3.63) is 35.7 Å². The summed E-state index contributed by atoms with van der Waals surface area (Å²) in [7, 11) is 0. The summed E-state index contributed by atoms with van der Waals surface area (Å²) in [6.07, 6.45) is 1.72. The quantitative estimate of drug-likeness (QED) is 0.595. The molecule has 24 heavy (non-hydrogen) atoms. The maximum absolute atomic E-state index is 11.7. The molecule has 1 aromatic carbocycles. The van der Waals surface area contributed by atoms with E-state index >= 15 is 0 Å². The van der Waals surface area contributed by atoms with E-state index in [1.165, 1.54) is 12.1 Å². The van der Waals surface area contributed by atoms with Crippen LogP contribution in [0.2, 0.25) is 0 Å². The molecule has 2 N–H and O–H groups in total. The first-order valence-electron chi connectivity index (χ1n) is 6.32. The Bertz CT molecular complexity index is 953. The van der Waals surface area contributed by atoms with E-state index in [9.17, 15) is 14.4 Å². The van der Waals surface area contributed by atoms with Gasteiger partial charge in [0.2, 0.25) is 0 Å². The van der Waals surface area contributed by atoms with Gasteiger partial charge in [0, 0.05) is 12.2 Å². The van der Waals surface area contributed by atoms with E-state index in [0.717, 1.165) is 12.2 Å². The molecule has 10 heteroatoms. The van der Waals surface area contributed by atoms with Crippen LogP contribution in [0.5, 0.6) is 11.5 Å². The van der Waals surface area contributed by atoms with Gasteiger partial charge >= 0.3 is 11.9 Å². The van der Waals surface area contributed by atoms with Crippen molar-refractivity contribution in [2.75, 3.05) is 0 Å². The lowest BCUT2D eigenvalue weighted by atomic mass is 10.1. The van der Waals surface area contributed by atoms with Crippen molar-refractivity contribution in [1.29, 1.82) is 5.26 Å². The normalized spacial score (nSPS) is 14.5. The molecule has 0 aliphatic carbocycles. The Morgan fingerprint density at radius 1 is 1.12 bits per heavy atom. The van der Waals surface area contributed by atoms with Gasteiger partial charge in [-0.3, -0.25) is 4.79 Å². The number of hydrogen-bond acceptors (Lipinski definition) is 9. The van der Waals surface area contributed by atoms with Gasteiger partial charge in [-0.1, -0.05) is 5.16 Å². The first-order valence-corrected chi connectivity index (χ1v) is 6.32. The minimum absolute atomic E-state index is 0.0421. The molecule has 10 nitrogen and oxygen atoms in total. The van der Waals surface area contributed by atoms with E-state index in [-0.39, 0.29) is 28.5 Å². The van der Waals surface area contributed by atoms with Crippen LogP contribution in [0.4, 0.5) is 0 Å². The van der Waals surface area contributed by atoms with Crippen LogP contribution in [0.25, 0.3) is 11.5 Å². The first kappa shape index (κ1) is 14.9. The van der Waals surface area contributed by atoms with Gasteiger partial charge in [-0.2, -0.15) is 10.2 Å². The third-order valence-electron chi connectivity index (χ3n) is 2.87. The molecule has 0 saturated carbocycles. The van der Waals surface area contributed by atoms with Gasteiger partial charge in [0.15, 0.2) is 11.5 Å². The SMILES string of the molecule is N#Cc1ccc(-c2nc(C(N)=O)no2)c2c1OC(=O)/C=C/C(=O)O2. The maximum Gasteiger partial charge on any atom is 0.336 e. The number of carbonyl (C=O) groups is 3. The maximum atomic E-state index is 11.7. The van der Waals surface area contributed by atoms with Crippen molar-refractivity contribution in [1.82, 2.24) is 10.1 Å². The molecular formula is C14H6N4O6. The number of carbonyl (C=O) groups excluding carboxylic acids is 3. The van der Waals surface area contributed by atoms with Crippen molar-refractivity contribution in [3.8, 4) is 29.0 Å². The van der Waals surface area contributed by atoms with Gasteiger partial charge in [-0.25, -0.2) is 9.59 Å². The molecule has 1 aliphatic rings. The van der Waals surface area contributed by atoms with Crippen LogP contribution in [-0.2, 0) is 9.59 Å². The fourth-order valence-electron chi connectivity index (χ4n) is 1.86. The van der Waals surface area contributed by atoms with Crippen LogP contribution in [0.1, 0.15) is 16.2 Å². The molecule has 0 spiro atoms. The first-order chi connectivity index (χ1) is 11.5. The van der Waals surface area contributed by atoms with Gasteiger partial charge in [-0.05, 0) is 12.1 Å². The number of esters is 2. The lowest BCUT2D eigenvalue weighted by molar-refractivity contribution is -0.133. The lowest BCUT2D eigenvalue weighted by Gasteiger charge is -2.14. The zero-order valence-corrected chi connectivity index (χ0v) is 11.7. The molecule has 3 rings (SSSR count). The van der Waals surface area contributed by atoms with Gasteiger partial charge < -0.3 is 19.7 Å². The summed E-state index contributed by atoms with van der Waals surface area (Å²) >= 11 is 0. The summed E-state index contributed by atoms with van der Waals surface area (Å²) < 4.78 is 15.0. The lowest BCUT2D eigenvalue weighted by Crippen LogP contribution is -2.15. The number of nitrogens with zero attached hydrogens (tertiary/aromatic N) is 3. The number of fused-ring (bicyclic) bond motifs is 1. The molecule has 118 valence electrons. The Kier molecular flexibility index (Phi) is 3.51. The van der Waals surface area contributed by atoms with Crippen LogP contribution < -0.4 is 15.2 Å². The molecule has 1 aromatic heterocycles. The zero-order chi connectivity index (χ0) is 17.3. The summed E-state index contributed by atoms with van der Waals surface area (Å²) in [4.78, 5) is 38.1. The number of amides is 1. The Morgan fingerprint density at radius 3 is 2.38 bits per heavy atom. The molecule has 0 atom stereocenters. The average molecular weight is 326 g/mol. The fourth-order valence-corrected chi connectivity index (χ4v) is 1.86. The Hall–Kier alpha value is -4.00. The number of ether oxygens (including phenoxy) is 2. The van der Waals surface area contributed by atoms with E-state index < -0.39 is 23.7 Å². The van der Waals surface area contributed by atoms with Crippen molar-refractivity contribution < 1.29 is 28.4 Å². The summed E-state index contributed by atoms with van der Waals surface area (Å²) in [6.45, 7) is 0. The summed E-state index contributed by atoms with van der Waals surface area (Å²) in [5, 5.41) is 12.5. The predicted octanol–water partition coefficient (Wildman–Crippen LogP) is 0.0878. The molecule has 1 amide bonds. The highest BCUT2D eigenvalue weighted by Gasteiger charge is 2.26. The van der Waals surface area contributed by atoms with Gasteiger partial charge in [0.1, 0.15) is 6.07 Å². The second-order valence-corrected chi connectivity index (χ2v) is 4.39. The van der Waals surface area contributed by atoms with E-state index in [4.69, 9.17) is 25.0 Å². The molecule has 0 fully saturated rings. The Balaban J connectivity index is 2.22. The summed E-state index contributed by atoms with van der Waals surface area (Å²) in [6, 6.07) is 4.44. The predicted molar refractivity (Wildman–Crippen MR) is 73.4 cm³/mol. The van der Waals surface area contributed by atoms with Crippen LogP contribution in [-0.4, -0.2) is 28.0 Å². The number of primary amides is 1. The number of benzene rings is 1. The third kappa shape index (κ3) is 2.57. The molecule has 2 heterocycles. The number of aromatic nitrogens is 2. The van der Waals surface area contributed by atoms with Crippen molar-refractivity contribution in [2.24, 2.45) is 5.73 Å². The molecule has 2 aromatic rings. The molecule has 0 saturated heterocycles. The molecule has 1 aliphatic heterocycles. The van der Waals surface area contributed by atoms with Crippen LogP contribution in [0.15, 0.2) is 28.8 Å². The molecule has 0 radical (unpaired) electrons. The summed E-state index contributed by atoms with van der Waals surface area (Å²) in [5.41, 5.74) is 5.03. The number of nitrogens with two attached hydrogens (primary N) is 1. The second kappa shape index (κ2) is 5.65. The minimum atomic E-state index is -0.923. The smallest absolute Gasteiger partial charge is 0.336 e. The molecule has 0 unspecified atom stereocenters. The average Bonchev–Trinajstić information content (AvgIpc) is 3.03. The largest absolute Gasteiger partial charge is 0.418 e. The second-order valence-electron chi connectivity index (χ2n) is 4.39. The molecular weight excluding hydrogens is 320 g/mol. The van der Waals surface area contributed by atoms with Gasteiger partial charge in [0.05, 0.1) is 11.1 Å². The zero-order valence-electron chi connectivity index (χ0n) is 11.7. The van der Waals surface area contributed by atoms with Crippen molar-refractivity contribution >= 4 is 17.8 Å². The van der Waals surface area contributed by atoms with Crippen molar-refractivity contribution in [3.63, 3.8) is 0 Å². The Morgan fingerprint density at radius 2 is 1.79 bits per heavy atom. The number of hydrogen-bond donors (Lipinski definition) is 1. The summed E-state index contributed by atoms with van der Waals surface area (Å²) in [5.74, 6) is -3.82.